The molecule has 3 fully saturated rings. The molecule has 1 amide bonds. The zero-order chi connectivity index (χ0) is 27.8. The first-order valence-corrected chi connectivity index (χ1v) is 13.9. The molecule has 1 aromatic carbocycles. The molecule has 4 atom stereocenters. The molecule has 0 heterocycles. The van der Waals surface area contributed by atoms with E-state index in [1.54, 1.807) is 19.1 Å². The second-order valence-electron chi connectivity index (χ2n) is 12.4. The van der Waals surface area contributed by atoms with E-state index in [-0.39, 0.29) is 48.6 Å². The summed E-state index contributed by atoms with van der Waals surface area (Å²) in [6, 6.07) is 5.53. The number of nitrogens with one attached hydrogen (secondary N) is 2. The molecule has 39 heavy (non-hydrogen) atoms. The van der Waals surface area contributed by atoms with Crippen molar-refractivity contribution in [2.75, 3.05) is 20.4 Å². The summed E-state index contributed by atoms with van der Waals surface area (Å²) in [5.41, 5.74) is 0.507. The Bertz CT molecular complexity index is 1180. The third kappa shape index (κ3) is 5.50. The quantitative estimate of drug-likeness (QED) is 0.209. The van der Waals surface area contributed by atoms with E-state index in [9.17, 15) is 20.0 Å². The summed E-state index contributed by atoms with van der Waals surface area (Å²) >= 11 is 0. The van der Waals surface area contributed by atoms with Gasteiger partial charge in [-0.3, -0.25) is 14.9 Å². The maximum Gasteiger partial charge on any atom is 0.309 e. The highest BCUT2D eigenvalue weighted by Crippen LogP contribution is 2.45. The number of amides is 1. The Morgan fingerprint density at radius 1 is 1.15 bits per heavy atom. The molecule has 2 bridgehead atoms. The van der Waals surface area contributed by atoms with Crippen LogP contribution in [0.4, 0.5) is 0 Å². The van der Waals surface area contributed by atoms with Crippen molar-refractivity contribution in [3.05, 3.63) is 35.4 Å². The number of nitrogens with zero attached hydrogens (tertiary/aromatic N) is 1. The van der Waals surface area contributed by atoms with Crippen molar-refractivity contribution in [1.29, 1.82) is 5.26 Å². The van der Waals surface area contributed by atoms with Crippen molar-refractivity contribution >= 4 is 11.9 Å². The largest absolute Gasteiger partial charge is 0.496 e. The molecule has 4 aliphatic carbocycles. The minimum absolute atomic E-state index is 0.0260. The molecule has 4 aliphatic rings. The summed E-state index contributed by atoms with van der Waals surface area (Å²) in [7, 11) is 1.54. The van der Waals surface area contributed by atoms with E-state index in [4.69, 9.17) is 14.2 Å². The predicted molar refractivity (Wildman–Crippen MR) is 143 cm³/mol. The first-order chi connectivity index (χ1) is 18.6. The van der Waals surface area contributed by atoms with Crippen LogP contribution in [-0.2, 0) is 20.9 Å². The number of aliphatic carboxylic acids is 1. The van der Waals surface area contributed by atoms with Gasteiger partial charge in [0, 0.05) is 37.1 Å². The molecule has 0 aromatic heterocycles. The molecule has 9 nitrogen and oxygen atoms in total. The van der Waals surface area contributed by atoms with Crippen LogP contribution in [0.2, 0.25) is 0 Å². The Labute approximate surface area is 229 Å². The molecular weight excluding hydrogens is 498 g/mol. The number of hydrogen-bond donors (Lipinski definition) is 3. The van der Waals surface area contributed by atoms with E-state index in [0.717, 1.165) is 18.5 Å². The Hall–Kier alpha value is -3.09. The van der Waals surface area contributed by atoms with Gasteiger partial charge in [0.25, 0.3) is 0 Å². The van der Waals surface area contributed by atoms with Gasteiger partial charge in [-0.2, -0.15) is 5.26 Å². The normalized spacial score (nSPS) is 31.6. The fraction of sp³-hybridized carbons (Fsp3) is 0.633. The number of fused-ring (bicyclic) bond motifs is 2. The van der Waals surface area contributed by atoms with E-state index in [0.29, 0.717) is 35.8 Å². The van der Waals surface area contributed by atoms with Gasteiger partial charge in [0.2, 0.25) is 5.91 Å². The van der Waals surface area contributed by atoms with Crippen LogP contribution in [0.5, 0.6) is 11.5 Å². The standard InChI is InChI=1S/C30H39N3O6/c1-29(7-4-8-29)16-32-27(34)25-18-5-6-19(9-18)26(25)33-17-38-15-21-11-24(20(14-31)10-23(21)37-3)39-22-12-30(2,13-22)28(35)36/h5-6,10-11,18-19,22,25-26,33H,4,7-9,12-13,15-17H2,1-3H3,(H,32,34)(H,35,36)/t18-,19+,22?,25+,26-,30?/m1/s1. The highest BCUT2D eigenvalue weighted by atomic mass is 16.5. The molecule has 9 heteroatoms. The van der Waals surface area contributed by atoms with Crippen LogP contribution in [0.1, 0.15) is 63.5 Å². The lowest BCUT2D eigenvalue weighted by atomic mass is 9.68. The number of rotatable bonds is 12. The lowest BCUT2D eigenvalue weighted by molar-refractivity contribution is -0.159. The third-order valence-corrected chi connectivity index (χ3v) is 9.36. The first kappa shape index (κ1) is 27.5. The van der Waals surface area contributed by atoms with Crippen LogP contribution in [0.3, 0.4) is 0 Å². The van der Waals surface area contributed by atoms with Gasteiger partial charge in [0.15, 0.2) is 0 Å². The fourth-order valence-electron chi connectivity index (χ4n) is 6.62. The number of carboxylic acid groups (broad SMARTS) is 1. The topological polar surface area (TPSA) is 130 Å². The Morgan fingerprint density at radius 3 is 2.54 bits per heavy atom. The number of ether oxygens (including phenoxy) is 3. The van der Waals surface area contributed by atoms with E-state index in [1.165, 1.54) is 26.4 Å². The van der Waals surface area contributed by atoms with E-state index >= 15 is 0 Å². The van der Waals surface area contributed by atoms with Gasteiger partial charge in [0.1, 0.15) is 23.7 Å². The highest BCUT2D eigenvalue weighted by Gasteiger charge is 2.49. The molecule has 1 aromatic rings. The number of carbonyl (C=O) groups is 2. The number of benzene rings is 1. The van der Waals surface area contributed by atoms with Crippen molar-refractivity contribution in [1.82, 2.24) is 10.6 Å². The molecule has 0 aliphatic heterocycles. The molecule has 210 valence electrons. The number of hydrogen-bond acceptors (Lipinski definition) is 7. The van der Waals surface area contributed by atoms with Gasteiger partial charge >= 0.3 is 5.97 Å². The maximum atomic E-state index is 13.1. The maximum absolute atomic E-state index is 13.1. The van der Waals surface area contributed by atoms with Crippen molar-refractivity contribution in [3.63, 3.8) is 0 Å². The number of carbonyl (C=O) groups excluding carboxylic acids is 1. The van der Waals surface area contributed by atoms with Crippen molar-refractivity contribution < 1.29 is 28.9 Å². The van der Waals surface area contributed by atoms with Gasteiger partial charge in [-0.25, -0.2) is 0 Å². The van der Waals surface area contributed by atoms with E-state index < -0.39 is 11.4 Å². The smallest absolute Gasteiger partial charge is 0.309 e. The third-order valence-electron chi connectivity index (χ3n) is 9.36. The van der Waals surface area contributed by atoms with Crippen LogP contribution in [0.25, 0.3) is 0 Å². The zero-order valence-electron chi connectivity index (χ0n) is 23.0. The summed E-state index contributed by atoms with van der Waals surface area (Å²) in [6.45, 7) is 5.18. The van der Waals surface area contributed by atoms with E-state index in [1.807, 2.05) is 0 Å². The van der Waals surface area contributed by atoms with Crippen LogP contribution in [0.15, 0.2) is 24.3 Å². The van der Waals surface area contributed by atoms with Gasteiger partial charge in [-0.05, 0) is 49.5 Å². The summed E-state index contributed by atoms with van der Waals surface area (Å²) in [6.07, 6.45) is 9.49. The zero-order valence-corrected chi connectivity index (χ0v) is 23.0. The fourth-order valence-corrected chi connectivity index (χ4v) is 6.62. The minimum atomic E-state index is -0.836. The number of carboxylic acids is 1. The summed E-state index contributed by atoms with van der Waals surface area (Å²) in [4.78, 5) is 24.6. The molecule has 3 saturated carbocycles. The highest BCUT2D eigenvalue weighted by molar-refractivity contribution is 5.81. The van der Waals surface area contributed by atoms with Crippen LogP contribution < -0.4 is 20.1 Å². The van der Waals surface area contributed by atoms with Crippen LogP contribution in [0, 0.1) is 39.9 Å². The van der Waals surface area contributed by atoms with Crippen molar-refractivity contribution in [2.24, 2.45) is 28.6 Å². The van der Waals surface area contributed by atoms with Crippen LogP contribution >= 0.6 is 0 Å². The van der Waals surface area contributed by atoms with E-state index in [2.05, 4.69) is 35.8 Å². The molecule has 0 saturated heterocycles. The Kier molecular flexibility index (Phi) is 7.62. The second-order valence-corrected chi connectivity index (χ2v) is 12.4. The lowest BCUT2D eigenvalue weighted by Crippen LogP contribution is -2.49. The molecule has 0 unspecified atom stereocenters. The van der Waals surface area contributed by atoms with Gasteiger partial charge in [0.05, 0.1) is 37.3 Å². The number of methoxy groups -OCH3 is 1. The predicted octanol–water partition coefficient (Wildman–Crippen LogP) is 3.76. The second kappa shape index (κ2) is 10.8. The number of allylic oxidation sites excluding steroid dienone is 1. The average Bonchev–Trinajstić information content (AvgIpc) is 3.49. The average molecular weight is 538 g/mol. The van der Waals surface area contributed by atoms with Gasteiger partial charge in [-0.15, -0.1) is 0 Å². The summed E-state index contributed by atoms with van der Waals surface area (Å²) < 4.78 is 17.5. The van der Waals surface area contributed by atoms with Gasteiger partial charge < -0.3 is 24.6 Å². The molecule has 0 radical (unpaired) electrons. The Morgan fingerprint density at radius 2 is 1.90 bits per heavy atom. The van der Waals surface area contributed by atoms with Crippen molar-refractivity contribution in [2.45, 2.75) is 71.1 Å². The lowest BCUT2D eigenvalue weighted by Gasteiger charge is -2.41. The molecule has 5 rings (SSSR count). The number of nitriles is 1. The molecule has 3 N–H and O–H groups in total. The van der Waals surface area contributed by atoms with Crippen molar-refractivity contribution in [3.8, 4) is 17.6 Å². The van der Waals surface area contributed by atoms with Gasteiger partial charge in [-0.1, -0.05) is 25.5 Å². The summed E-state index contributed by atoms with van der Waals surface area (Å²) in [5.74, 6) is 0.688. The molecule has 0 spiro atoms. The Balaban J connectivity index is 1.17. The first-order valence-electron chi connectivity index (χ1n) is 13.9. The minimum Gasteiger partial charge on any atom is -0.496 e. The molecular formula is C30H39N3O6. The summed E-state index contributed by atoms with van der Waals surface area (Å²) in [5, 5.41) is 25.7. The SMILES string of the molecule is COc1cc(C#N)c(OC2CC(C)(C(=O)O)C2)cc1COCN[C@H]1[C@@H](C(=O)NCC2(C)CCC2)[C@@H]2C=C[C@H]1C2. The van der Waals surface area contributed by atoms with Crippen LogP contribution in [-0.4, -0.2) is 49.5 Å². The monoisotopic (exact) mass is 537 g/mol.